The third-order valence-corrected chi connectivity index (χ3v) is 6.51. The van der Waals surface area contributed by atoms with Crippen molar-refractivity contribution in [1.29, 1.82) is 0 Å². The number of piperidine rings is 1. The molecule has 7 heteroatoms. The molecule has 0 aliphatic carbocycles. The summed E-state index contributed by atoms with van der Waals surface area (Å²) in [4.78, 5) is 1.04. The van der Waals surface area contributed by atoms with Gasteiger partial charge in [0.25, 0.3) is 10.2 Å². The summed E-state index contributed by atoms with van der Waals surface area (Å²) in [5, 5.41) is 11.4. The van der Waals surface area contributed by atoms with E-state index in [1.165, 1.54) is 4.31 Å². The Bertz CT molecular complexity index is 516. The van der Waals surface area contributed by atoms with Gasteiger partial charge in [-0.15, -0.1) is 11.3 Å². The van der Waals surface area contributed by atoms with Crippen LogP contribution in [-0.2, 0) is 10.2 Å². The molecule has 0 spiro atoms. The predicted octanol–water partition coefficient (Wildman–Crippen LogP) is 2.27. The molecule has 2 heterocycles. The molecule has 0 bridgehead atoms. The van der Waals surface area contributed by atoms with Crippen molar-refractivity contribution in [3.8, 4) is 0 Å². The molecule has 2 unspecified atom stereocenters. The fourth-order valence-electron chi connectivity index (χ4n) is 2.76. The van der Waals surface area contributed by atoms with Crippen LogP contribution in [-0.4, -0.2) is 37.0 Å². The number of nitrogens with one attached hydrogen (secondary N) is 1. The lowest BCUT2D eigenvalue weighted by molar-refractivity contribution is 0.153. The molecule has 1 aromatic rings. The van der Waals surface area contributed by atoms with Crippen LogP contribution in [0.25, 0.3) is 0 Å². The largest absolute Gasteiger partial charge is 0.395 e. The first kappa shape index (κ1) is 16.9. The molecule has 1 fully saturated rings. The second-order valence-corrected chi connectivity index (χ2v) is 8.06. The van der Waals surface area contributed by atoms with Crippen LogP contribution >= 0.6 is 11.3 Å². The summed E-state index contributed by atoms with van der Waals surface area (Å²) in [5.41, 5.74) is 0. The Morgan fingerprint density at radius 1 is 1.52 bits per heavy atom. The van der Waals surface area contributed by atoms with E-state index < -0.39 is 10.2 Å². The lowest BCUT2D eigenvalue weighted by Gasteiger charge is -2.34. The van der Waals surface area contributed by atoms with Gasteiger partial charge in [-0.1, -0.05) is 25.8 Å². The monoisotopic (exact) mass is 332 g/mol. The number of aliphatic hydroxyl groups is 1. The van der Waals surface area contributed by atoms with Crippen LogP contribution in [0.2, 0.25) is 0 Å². The molecular weight excluding hydrogens is 308 g/mol. The Balaban J connectivity index is 2.14. The van der Waals surface area contributed by atoms with Crippen molar-refractivity contribution in [2.45, 2.75) is 51.1 Å². The van der Waals surface area contributed by atoms with Crippen LogP contribution < -0.4 is 4.72 Å². The minimum atomic E-state index is -3.56. The molecule has 120 valence electrons. The standard InChI is InChI=1S/C14H24N2O3S2/c1-2-6-13(14-8-5-10-20-14)15-21(18,19)16-9-4-3-7-12(16)11-17/h5,8,10,12-13,15,17H,2-4,6-7,9,11H2,1H3. The van der Waals surface area contributed by atoms with Crippen LogP contribution in [0.15, 0.2) is 17.5 Å². The van der Waals surface area contributed by atoms with Crippen molar-refractivity contribution in [1.82, 2.24) is 9.03 Å². The number of nitrogens with zero attached hydrogens (tertiary/aromatic N) is 1. The van der Waals surface area contributed by atoms with Gasteiger partial charge in [-0.3, -0.25) is 0 Å². The van der Waals surface area contributed by atoms with E-state index in [-0.39, 0.29) is 18.7 Å². The first-order chi connectivity index (χ1) is 10.1. The fourth-order valence-corrected chi connectivity index (χ4v) is 5.32. The van der Waals surface area contributed by atoms with E-state index in [0.717, 1.165) is 37.0 Å². The van der Waals surface area contributed by atoms with E-state index in [0.29, 0.717) is 6.54 Å². The van der Waals surface area contributed by atoms with Crippen LogP contribution in [0.4, 0.5) is 0 Å². The first-order valence-electron chi connectivity index (χ1n) is 7.52. The van der Waals surface area contributed by atoms with Crippen molar-refractivity contribution >= 4 is 21.5 Å². The van der Waals surface area contributed by atoms with Gasteiger partial charge < -0.3 is 5.11 Å². The van der Waals surface area contributed by atoms with Crippen molar-refractivity contribution in [2.75, 3.05) is 13.2 Å². The minimum absolute atomic E-state index is 0.113. The highest BCUT2D eigenvalue weighted by Crippen LogP contribution is 2.26. The number of thiophene rings is 1. The highest BCUT2D eigenvalue weighted by Gasteiger charge is 2.33. The zero-order chi connectivity index (χ0) is 15.3. The zero-order valence-corrected chi connectivity index (χ0v) is 14.0. The third-order valence-electron chi connectivity index (χ3n) is 3.85. The van der Waals surface area contributed by atoms with Gasteiger partial charge in [-0.25, -0.2) is 0 Å². The maximum Gasteiger partial charge on any atom is 0.280 e. The quantitative estimate of drug-likeness (QED) is 0.805. The number of hydrogen-bond acceptors (Lipinski definition) is 4. The molecule has 1 aliphatic rings. The molecule has 2 rings (SSSR count). The zero-order valence-electron chi connectivity index (χ0n) is 12.4. The molecule has 1 aliphatic heterocycles. The Kier molecular flexibility index (Phi) is 6.19. The van der Waals surface area contributed by atoms with Crippen LogP contribution in [0.3, 0.4) is 0 Å². The minimum Gasteiger partial charge on any atom is -0.395 e. The molecule has 0 amide bonds. The van der Waals surface area contributed by atoms with E-state index in [1.54, 1.807) is 11.3 Å². The van der Waals surface area contributed by atoms with E-state index >= 15 is 0 Å². The topological polar surface area (TPSA) is 69.6 Å². The molecule has 5 nitrogen and oxygen atoms in total. The molecule has 2 atom stereocenters. The van der Waals surface area contributed by atoms with Crippen molar-refractivity contribution in [3.63, 3.8) is 0 Å². The molecule has 0 radical (unpaired) electrons. The molecule has 0 aromatic carbocycles. The summed E-state index contributed by atoms with van der Waals surface area (Å²) in [5.74, 6) is 0. The number of rotatable bonds is 7. The van der Waals surface area contributed by atoms with Gasteiger partial charge in [-0.2, -0.15) is 17.4 Å². The van der Waals surface area contributed by atoms with Crippen molar-refractivity contribution in [3.05, 3.63) is 22.4 Å². The van der Waals surface area contributed by atoms with Gasteiger partial charge in [0.1, 0.15) is 0 Å². The highest BCUT2D eigenvalue weighted by atomic mass is 32.2. The maximum absolute atomic E-state index is 12.6. The van der Waals surface area contributed by atoms with Crippen LogP contribution in [0.1, 0.15) is 49.9 Å². The second kappa shape index (κ2) is 7.69. The van der Waals surface area contributed by atoms with Gasteiger partial charge in [0.05, 0.1) is 12.6 Å². The summed E-state index contributed by atoms with van der Waals surface area (Å²) < 4.78 is 29.6. The highest BCUT2D eigenvalue weighted by molar-refractivity contribution is 7.87. The van der Waals surface area contributed by atoms with E-state index in [1.807, 2.05) is 24.4 Å². The third kappa shape index (κ3) is 4.26. The van der Waals surface area contributed by atoms with Crippen LogP contribution in [0, 0.1) is 0 Å². The molecule has 1 saturated heterocycles. The Hall–Kier alpha value is -0.470. The average Bonchev–Trinajstić information content (AvgIpc) is 3.01. The SMILES string of the molecule is CCCC(NS(=O)(=O)N1CCCCC1CO)c1cccs1. The Labute approximate surface area is 131 Å². The maximum atomic E-state index is 12.6. The Morgan fingerprint density at radius 2 is 2.33 bits per heavy atom. The molecule has 1 aromatic heterocycles. The summed E-state index contributed by atoms with van der Waals surface area (Å²) in [6.45, 7) is 2.43. The lowest BCUT2D eigenvalue weighted by atomic mass is 10.1. The van der Waals surface area contributed by atoms with Gasteiger partial charge >= 0.3 is 0 Å². The van der Waals surface area contributed by atoms with Crippen molar-refractivity contribution < 1.29 is 13.5 Å². The number of hydrogen-bond donors (Lipinski definition) is 2. The van der Waals surface area contributed by atoms with Crippen molar-refractivity contribution in [2.24, 2.45) is 0 Å². The normalized spacial score (nSPS) is 22.3. The average molecular weight is 332 g/mol. The molecule has 2 N–H and O–H groups in total. The lowest BCUT2D eigenvalue weighted by Crippen LogP contribution is -2.51. The molecule has 0 saturated carbocycles. The summed E-state index contributed by atoms with van der Waals surface area (Å²) in [6.07, 6.45) is 4.25. The fraction of sp³-hybridized carbons (Fsp3) is 0.714. The van der Waals surface area contributed by atoms with E-state index in [4.69, 9.17) is 0 Å². The first-order valence-corrected chi connectivity index (χ1v) is 9.83. The van der Waals surface area contributed by atoms with Crippen LogP contribution in [0.5, 0.6) is 0 Å². The smallest absolute Gasteiger partial charge is 0.280 e. The Morgan fingerprint density at radius 3 is 2.95 bits per heavy atom. The predicted molar refractivity (Wildman–Crippen MR) is 85.5 cm³/mol. The van der Waals surface area contributed by atoms with E-state index in [9.17, 15) is 13.5 Å². The van der Waals surface area contributed by atoms with Gasteiger partial charge in [0.15, 0.2) is 0 Å². The summed E-state index contributed by atoms with van der Waals surface area (Å²) >= 11 is 1.57. The van der Waals surface area contributed by atoms with Gasteiger partial charge in [-0.05, 0) is 30.7 Å². The van der Waals surface area contributed by atoms with Gasteiger partial charge in [0.2, 0.25) is 0 Å². The summed E-state index contributed by atoms with van der Waals surface area (Å²) in [6, 6.07) is 3.44. The second-order valence-electron chi connectivity index (χ2n) is 5.42. The molecule has 21 heavy (non-hydrogen) atoms. The number of aliphatic hydroxyl groups excluding tert-OH is 1. The molecular formula is C14H24N2O3S2. The van der Waals surface area contributed by atoms with E-state index in [2.05, 4.69) is 4.72 Å². The van der Waals surface area contributed by atoms with Gasteiger partial charge in [0, 0.05) is 17.5 Å². The summed E-state index contributed by atoms with van der Waals surface area (Å²) in [7, 11) is -3.56.